The highest BCUT2D eigenvalue weighted by Gasteiger charge is 2.21. The lowest BCUT2D eigenvalue weighted by Crippen LogP contribution is -2.39. The first kappa shape index (κ1) is 16.7. The van der Waals surface area contributed by atoms with Crippen LogP contribution in [0.2, 0.25) is 0 Å². The van der Waals surface area contributed by atoms with Crippen LogP contribution in [0.4, 0.5) is 4.39 Å². The average Bonchev–Trinajstić information content (AvgIpc) is 3.30. The maximum absolute atomic E-state index is 13.1. The Hall–Kier alpha value is -1.62. The minimum atomic E-state index is -0.204. The van der Waals surface area contributed by atoms with E-state index in [0.717, 1.165) is 30.5 Å². The lowest BCUT2D eigenvalue weighted by atomic mass is 10.1. The van der Waals surface area contributed by atoms with Crippen LogP contribution in [0.1, 0.15) is 31.4 Å². The third-order valence-corrected chi connectivity index (χ3v) is 3.90. The van der Waals surface area contributed by atoms with E-state index in [-0.39, 0.29) is 11.9 Å². The van der Waals surface area contributed by atoms with E-state index in [1.165, 1.54) is 25.0 Å². The van der Waals surface area contributed by atoms with Gasteiger partial charge in [-0.1, -0.05) is 12.1 Å². The maximum Gasteiger partial charge on any atom is 0.191 e. The Balaban J connectivity index is 2.00. The lowest BCUT2D eigenvalue weighted by molar-refractivity contribution is 0.306. The Morgan fingerprint density at radius 2 is 1.95 bits per heavy atom. The van der Waals surface area contributed by atoms with Crippen LogP contribution in [0.5, 0.6) is 0 Å². The van der Waals surface area contributed by atoms with E-state index < -0.39 is 0 Å². The standard InChI is InChI=1S/C17H27FN4/c1-4-19-17(20-11-13-5-6-13)21-12-16(22(2)3)14-7-9-15(18)10-8-14/h7-10,13,16H,4-6,11-12H2,1-3H3,(H2,19,20,21). The topological polar surface area (TPSA) is 39.7 Å². The van der Waals surface area contributed by atoms with Crippen LogP contribution in [0, 0.1) is 11.7 Å². The van der Waals surface area contributed by atoms with Crippen molar-refractivity contribution in [2.45, 2.75) is 25.8 Å². The van der Waals surface area contributed by atoms with Crippen LogP contribution in [0.15, 0.2) is 29.3 Å². The fraction of sp³-hybridized carbons (Fsp3) is 0.588. The Morgan fingerprint density at radius 1 is 1.27 bits per heavy atom. The molecule has 1 fully saturated rings. The summed E-state index contributed by atoms with van der Waals surface area (Å²) in [5.74, 6) is 1.47. The summed E-state index contributed by atoms with van der Waals surface area (Å²) in [6.45, 7) is 4.55. The zero-order valence-electron chi connectivity index (χ0n) is 13.8. The average molecular weight is 306 g/mol. The number of guanidine groups is 1. The molecule has 0 heterocycles. The first-order valence-corrected chi connectivity index (χ1v) is 8.04. The van der Waals surface area contributed by atoms with Crippen molar-refractivity contribution in [2.24, 2.45) is 10.9 Å². The molecule has 1 aromatic carbocycles. The van der Waals surface area contributed by atoms with Crippen molar-refractivity contribution in [3.63, 3.8) is 0 Å². The van der Waals surface area contributed by atoms with Gasteiger partial charge in [-0.2, -0.15) is 0 Å². The van der Waals surface area contributed by atoms with E-state index in [4.69, 9.17) is 4.99 Å². The van der Waals surface area contributed by atoms with Crippen molar-refractivity contribution < 1.29 is 4.39 Å². The molecule has 0 spiro atoms. The highest BCUT2D eigenvalue weighted by Crippen LogP contribution is 2.27. The maximum atomic E-state index is 13.1. The molecule has 1 aromatic rings. The monoisotopic (exact) mass is 306 g/mol. The van der Waals surface area contributed by atoms with Gasteiger partial charge in [-0.05, 0) is 57.5 Å². The molecule has 4 nitrogen and oxygen atoms in total. The molecule has 0 aromatic heterocycles. The van der Waals surface area contributed by atoms with Gasteiger partial charge in [0, 0.05) is 13.1 Å². The molecule has 2 rings (SSSR count). The van der Waals surface area contributed by atoms with Crippen LogP contribution in [0.25, 0.3) is 0 Å². The number of hydrogen-bond acceptors (Lipinski definition) is 2. The number of rotatable bonds is 7. The zero-order valence-corrected chi connectivity index (χ0v) is 13.8. The minimum absolute atomic E-state index is 0.136. The molecule has 5 heteroatoms. The molecule has 22 heavy (non-hydrogen) atoms. The number of benzene rings is 1. The number of aliphatic imine (C=N–C) groups is 1. The number of likely N-dealkylation sites (N-methyl/N-ethyl adjacent to an activating group) is 1. The number of halogens is 1. The SMILES string of the molecule is CCNC(=NCC(c1ccc(F)cc1)N(C)C)NCC1CC1. The molecular formula is C17H27FN4. The van der Waals surface area contributed by atoms with Crippen molar-refractivity contribution in [1.29, 1.82) is 0 Å². The quantitative estimate of drug-likeness (QED) is 0.600. The molecule has 0 radical (unpaired) electrons. The van der Waals surface area contributed by atoms with Crippen molar-refractivity contribution >= 4 is 5.96 Å². The summed E-state index contributed by atoms with van der Waals surface area (Å²) in [6.07, 6.45) is 2.64. The van der Waals surface area contributed by atoms with E-state index in [1.807, 2.05) is 26.2 Å². The number of hydrogen-bond donors (Lipinski definition) is 2. The van der Waals surface area contributed by atoms with Gasteiger partial charge < -0.3 is 15.5 Å². The third-order valence-electron chi connectivity index (χ3n) is 3.90. The molecule has 1 saturated carbocycles. The summed E-state index contributed by atoms with van der Waals surface area (Å²) in [5, 5.41) is 6.68. The second-order valence-corrected chi connectivity index (χ2v) is 6.07. The summed E-state index contributed by atoms with van der Waals surface area (Å²) in [4.78, 5) is 6.80. The van der Waals surface area contributed by atoms with Gasteiger partial charge in [-0.3, -0.25) is 4.99 Å². The second kappa shape index (κ2) is 8.13. The molecule has 0 saturated heterocycles. The molecule has 1 atom stereocenters. The predicted molar refractivity (Wildman–Crippen MR) is 89.5 cm³/mol. The smallest absolute Gasteiger partial charge is 0.191 e. The highest BCUT2D eigenvalue weighted by atomic mass is 19.1. The molecule has 1 unspecified atom stereocenters. The summed E-state index contributed by atoms with van der Waals surface area (Å²) in [6, 6.07) is 6.81. The predicted octanol–water partition coefficient (Wildman–Crippen LogP) is 2.39. The number of nitrogens with one attached hydrogen (secondary N) is 2. The van der Waals surface area contributed by atoms with E-state index >= 15 is 0 Å². The van der Waals surface area contributed by atoms with E-state index in [0.29, 0.717) is 6.54 Å². The van der Waals surface area contributed by atoms with E-state index in [1.54, 1.807) is 0 Å². The van der Waals surface area contributed by atoms with Gasteiger partial charge in [-0.25, -0.2) is 4.39 Å². The van der Waals surface area contributed by atoms with Gasteiger partial charge in [0.1, 0.15) is 5.82 Å². The molecule has 0 aliphatic heterocycles. The number of nitrogens with zero attached hydrogens (tertiary/aromatic N) is 2. The van der Waals surface area contributed by atoms with Gasteiger partial charge in [0.05, 0.1) is 12.6 Å². The largest absolute Gasteiger partial charge is 0.357 e. The lowest BCUT2D eigenvalue weighted by Gasteiger charge is -2.23. The van der Waals surface area contributed by atoms with Gasteiger partial charge in [0.2, 0.25) is 0 Å². The fourth-order valence-corrected chi connectivity index (χ4v) is 2.33. The van der Waals surface area contributed by atoms with Crippen molar-refractivity contribution in [3.05, 3.63) is 35.6 Å². The molecule has 2 N–H and O–H groups in total. The molecule has 122 valence electrons. The van der Waals surface area contributed by atoms with Crippen LogP contribution in [-0.4, -0.2) is 44.6 Å². The first-order chi connectivity index (χ1) is 10.6. The molecule has 1 aliphatic rings. The fourth-order valence-electron chi connectivity index (χ4n) is 2.33. The van der Waals surface area contributed by atoms with Gasteiger partial charge in [0.15, 0.2) is 5.96 Å². The van der Waals surface area contributed by atoms with Gasteiger partial charge in [-0.15, -0.1) is 0 Å². The van der Waals surface area contributed by atoms with Gasteiger partial charge >= 0.3 is 0 Å². The van der Waals surface area contributed by atoms with Gasteiger partial charge in [0.25, 0.3) is 0 Å². The van der Waals surface area contributed by atoms with Crippen LogP contribution >= 0.6 is 0 Å². The Kier molecular flexibility index (Phi) is 6.19. The summed E-state index contributed by atoms with van der Waals surface area (Å²) >= 11 is 0. The molecule has 1 aliphatic carbocycles. The molecule has 0 bridgehead atoms. The van der Waals surface area contributed by atoms with Crippen molar-refractivity contribution in [2.75, 3.05) is 33.7 Å². The first-order valence-electron chi connectivity index (χ1n) is 8.04. The van der Waals surface area contributed by atoms with Crippen LogP contribution in [-0.2, 0) is 0 Å². The third kappa shape index (κ3) is 5.30. The summed E-state index contributed by atoms with van der Waals surface area (Å²) in [7, 11) is 4.04. The van der Waals surface area contributed by atoms with Crippen molar-refractivity contribution in [1.82, 2.24) is 15.5 Å². The second-order valence-electron chi connectivity index (χ2n) is 6.07. The minimum Gasteiger partial charge on any atom is -0.357 e. The van der Waals surface area contributed by atoms with Crippen molar-refractivity contribution in [3.8, 4) is 0 Å². The Bertz CT molecular complexity index is 480. The zero-order chi connectivity index (χ0) is 15.9. The van der Waals surface area contributed by atoms with E-state index in [9.17, 15) is 4.39 Å². The van der Waals surface area contributed by atoms with E-state index in [2.05, 4.69) is 22.5 Å². The Labute approximate surface area is 132 Å². The summed E-state index contributed by atoms with van der Waals surface area (Å²) in [5.41, 5.74) is 1.08. The van der Waals surface area contributed by atoms with Crippen LogP contribution in [0.3, 0.4) is 0 Å². The highest BCUT2D eigenvalue weighted by molar-refractivity contribution is 5.79. The molecule has 0 amide bonds. The Morgan fingerprint density at radius 3 is 2.50 bits per heavy atom. The van der Waals surface area contributed by atoms with Crippen LogP contribution < -0.4 is 10.6 Å². The normalized spacial score (nSPS) is 16.7. The molecular weight excluding hydrogens is 279 g/mol. The summed E-state index contributed by atoms with van der Waals surface area (Å²) < 4.78 is 13.1.